The zero-order valence-corrected chi connectivity index (χ0v) is 9.08. The smallest absolute Gasteiger partial charge is 0.322 e. The molecule has 1 aromatic rings. The monoisotopic (exact) mass is 238 g/mol. The van der Waals surface area contributed by atoms with Gasteiger partial charge >= 0.3 is 5.97 Å². The molecule has 5 heteroatoms. The summed E-state index contributed by atoms with van der Waals surface area (Å²) in [5, 5.41) is 36.8. The van der Waals surface area contributed by atoms with Crippen LogP contribution in [0.2, 0.25) is 0 Å². The van der Waals surface area contributed by atoms with Gasteiger partial charge in [-0.2, -0.15) is 0 Å². The number of aliphatic hydroxyl groups excluding tert-OH is 3. The second-order valence-electron chi connectivity index (χ2n) is 3.64. The van der Waals surface area contributed by atoms with Crippen LogP contribution in [-0.4, -0.2) is 39.6 Å². The van der Waals surface area contributed by atoms with Crippen LogP contribution >= 0.6 is 0 Å². The Balaban J connectivity index is 3.13. The SMILES string of the molecule is O=C(O)C(CO)(CO)C(O)=Cc1ccccc1. The molecule has 17 heavy (non-hydrogen) atoms. The molecule has 0 amide bonds. The van der Waals surface area contributed by atoms with Crippen molar-refractivity contribution in [2.24, 2.45) is 5.41 Å². The van der Waals surface area contributed by atoms with Crippen LogP contribution in [0.4, 0.5) is 0 Å². The van der Waals surface area contributed by atoms with Gasteiger partial charge in [-0.3, -0.25) is 4.79 Å². The maximum atomic E-state index is 11.0. The van der Waals surface area contributed by atoms with Crippen molar-refractivity contribution >= 4 is 12.0 Å². The van der Waals surface area contributed by atoms with E-state index in [-0.39, 0.29) is 0 Å². The minimum atomic E-state index is -2.06. The lowest BCUT2D eigenvalue weighted by molar-refractivity contribution is -0.153. The maximum absolute atomic E-state index is 11.0. The largest absolute Gasteiger partial charge is 0.511 e. The Morgan fingerprint density at radius 2 is 1.65 bits per heavy atom. The maximum Gasteiger partial charge on any atom is 0.322 e. The van der Waals surface area contributed by atoms with E-state index >= 15 is 0 Å². The standard InChI is InChI=1S/C12H14O5/c13-7-12(8-14,11(16)17)10(15)6-9-4-2-1-3-5-9/h1-6,13-15H,7-8H2,(H,16,17). The average Bonchev–Trinajstić information content (AvgIpc) is 2.32. The first-order valence-corrected chi connectivity index (χ1v) is 4.98. The van der Waals surface area contributed by atoms with E-state index < -0.39 is 30.4 Å². The van der Waals surface area contributed by atoms with Crippen molar-refractivity contribution in [2.75, 3.05) is 13.2 Å². The zero-order chi connectivity index (χ0) is 12.9. The predicted molar refractivity (Wildman–Crippen MR) is 61.3 cm³/mol. The molecule has 1 aromatic carbocycles. The molecule has 0 radical (unpaired) electrons. The summed E-state index contributed by atoms with van der Waals surface area (Å²) >= 11 is 0. The van der Waals surface area contributed by atoms with Crippen molar-refractivity contribution in [1.29, 1.82) is 0 Å². The van der Waals surface area contributed by atoms with Crippen molar-refractivity contribution in [2.45, 2.75) is 0 Å². The van der Waals surface area contributed by atoms with Gasteiger partial charge in [-0.25, -0.2) is 0 Å². The van der Waals surface area contributed by atoms with E-state index in [4.69, 9.17) is 15.3 Å². The normalized spacial score (nSPS) is 12.5. The summed E-state index contributed by atoms with van der Waals surface area (Å²) in [6.07, 6.45) is 1.21. The third-order valence-corrected chi connectivity index (χ3v) is 2.54. The van der Waals surface area contributed by atoms with Crippen LogP contribution in [0, 0.1) is 5.41 Å². The summed E-state index contributed by atoms with van der Waals surface area (Å²) in [4.78, 5) is 11.0. The Morgan fingerprint density at radius 3 is 2.06 bits per heavy atom. The third-order valence-electron chi connectivity index (χ3n) is 2.54. The number of carboxylic acids is 1. The highest BCUT2D eigenvalue weighted by atomic mass is 16.4. The quantitative estimate of drug-likeness (QED) is 0.564. The fraction of sp³-hybridized carbons (Fsp3) is 0.250. The molecule has 0 saturated heterocycles. The first kappa shape index (κ1) is 13.2. The van der Waals surface area contributed by atoms with Crippen LogP contribution < -0.4 is 0 Å². The van der Waals surface area contributed by atoms with E-state index in [0.29, 0.717) is 5.56 Å². The third kappa shape index (κ3) is 2.64. The van der Waals surface area contributed by atoms with Crippen molar-refractivity contribution in [1.82, 2.24) is 0 Å². The van der Waals surface area contributed by atoms with Gasteiger partial charge in [-0.15, -0.1) is 0 Å². The lowest BCUT2D eigenvalue weighted by Gasteiger charge is -2.23. The molecule has 92 valence electrons. The Bertz CT molecular complexity index is 406. The first-order chi connectivity index (χ1) is 8.06. The van der Waals surface area contributed by atoms with Crippen molar-refractivity contribution < 1.29 is 25.2 Å². The molecule has 5 nitrogen and oxygen atoms in total. The van der Waals surface area contributed by atoms with E-state index in [0.717, 1.165) is 0 Å². The highest BCUT2D eigenvalue weighted by Crippen LogP contribution is 2.26. The van der Waals surface area contributed by atoms with Crippen LogP contribution in [0.5, 0.6) is 0 Å². The van der Waals surface area contributed by atoms with E-state index in [9.17, 15) is 9.90 Å². The second-order valence-corrected chi connectivity index (χ2v) is 3.64. The Kier molecular flexibility index (Phi) is 4.25. The fourth-order valence-corrected chi connectivity index (χ4v) is 1.30. The molecule has 0 saturated carbocycles. The average molecular weight is 238 g/mol. The van der Waals surface area contributed by atoms with Crippen LogP contribution in [0.25, 0.3) is 6.08 Å². The summed E-state index contributed by atoms with van der Waals surface area (Å²) in [7, 11) is 0. The van der Waals surface area contributed by atoms with Gasteiger partial charge in [0.25, 0.3) is 0 Å². The Morgan fingerprint density at radius 1 is 1.12 bits per heavy atom. The number of benzene rings is 1. The van der Waals surface area contributed by atoms with Gasteiger partial charge < -0.3 is 20.4 Å². The van der Waals surface area contributed by atoms with E-state index in [1.807, 2.05) is 0 Å². The highest BCUT2D eigenvalue weighted by molar-refractivity contribution is 5.80. The summed E-state index contributed by atoms with van der Waals surface area (Å²) < 4.78 is 0. The molecular weight excluding hydrogens is 224 g/mol. The molecule has 0 aliphatic carbocycles. The Hall–Kier alpha value is -1.85. The Labute approximate surface area is 98.3 Å². The molecule has 0 aliphatic rings. The summed E-state index contributed by atoms with van der Waals surface area (Å²) in [6, 6.07) is 8.55. The molecule has 0 atom stereocenters. The van der Waals surface area contributed by atoms with Gasteiger partial charge in [-0.1, -0.05) is 30.3 Å². The number of hydrogen-bond donors (Lipinski definition) is 4. The number of aliphatic carboxylic acids is 1. The number of rotatable bonds is 5. The fourth-order valence-electron chi connectivity index (χ4n) is 1.30. The molecular formula is C12H14O5. The number of carbonyl (C=O) groups is 1. The van der Waals surface area contributed by atoms with Crippen molar-refractivity contribution in [3.63, 3.8) is 0 Å². The molecule has 0 fully saturated rings. The van der Waals surface area contributed by atoms with Crippen LogP contribution in [0.15, 0.2) is 36.1 Å². The number of hydrogen-bond acceptors (Lipinski definition) is 4. The van der Waals surface area contributed by atoms with Crippen LogP contribution in [-0.2, 0) is 4.79 Å². The molecule has 0 aliphatic heterocycles. The highest BCUT2D eigenvalue weighted by Gasteiger charge is 2.42. The van der Waals surface area contributed by atoms with Crippen molar-refractivity contribution in [3.8, 4) is 0 Å². The van der Waals surface area contributed by atoms with Crippen molar-refractivity contribution in [3.05, 3.63) is 41.7 Å². The van der Waals surface area contributed by atoms with E-state index in [1.54, 1.807) is 30.3 Å². The number of carboxylic acid groups (broad SMARTS) is 1. The van der Waals surface area contributed by atoms with Gasteiger partial charge in [0.2, 0.25) is 0 Å². The molecule has 4 N–H and O–H groups in total. The predicted octanol–water partition coefficient (Wildman–Crippen LogP) is 0.641. The van der Waals surface area contributed by atoms with E-state index in [1.165, 1.54) is 6.08 Å². The minimum Gasteiger partial charge on any atom is -0.511 e. The summed E-state index contributed by atoms with van der Waals surface area (Å²) in [6.45, 7) is -1.76. The molecule has 0 heterocycles. The van der Waals surface area contributed by atoms with Gasteiger partial charge in [0.05, 0.1) is 13.2 Å². The van der Waals surface area contributed by atoms with Crippen LogP contribution in [0.1, 0.15) is 5.56 Å². The lowest BCUT2D eigenvalue weighted by Crippen LogP contribution is -2.40. The molecule has 1 rings (SSSR count). The zero-order valence-electron chi connectivity index (χ0n) is 9.08. The minimum absolute atomic E-state index is 0.581. The van der Waals surface area contributed by atoms with Gasteiger partial charge in [0.1, 0.15) is 5.76 Å². The van der Waals surface area contributed by atoms with Gasteiger partial charge in [0.15, 0.2) is 5.41 Å². The molecule has 0 unspecified atom stereocenters. The van der Waals surface area contributed by atoms with Gasteiger partial charge in [-0.05, 0) is 11.6 Å². The summed E-state index contributed by atoms with van der Waals surface area (Å²) in [5.74, 6) is -2.06. The second kappa shape index (κ2) is 5.47. The summed E-state index contributed by atoms with van der Waals surface area (Å²) in [5.41, 5.74) is -1.48. The van der Waals surface area contributed by atoms with Gasteiger partial charge in [0, 0.05) is 0 Å². The topological polar surface area (TPSA) is 98.0 Å². The lowest BCUT2D eigenvalue weighted by atomic mass is 9.87. The molecule has 0 spiro atoms. The van der Waals surface area contributed by atoms with E-state index in [2.05, 4.69) is 0 Å². The first-order valence-electron chi connectivity index (χ1n) is 4.98. The van der Waals surface area contributed by atoms with Crippen LogP contribution in [0.3, 0.4) is 0 Å². The number of aliphatic hydroxyl groups is 3. The molecule has 0 aromatic heterocycles. The molecule has 0 bridgehead atoms.